The van der Waals surface area contributed by atoms with Gasteiger partial charge in [0, 0.05) is 0 Å². The highest BCUT2D eigenvalue weighted by molar-refractivity contribution is 6.64. The Labute approximate surface area is 50.7 Å². The first-order chi connectivity index (χ1) is 4.25. The molecule has 1 rings (SSSR count). The first kappa shape index (κ1) is 5.74. The zero-order valence-electron chi connectivity index (χ0n) is 4.67. The molecule has 1 amide bonds. The predicted molar refractivity (Wildman–Crippen MR) is 27.6 cm³/mol. The molecule has 0 bridgehead atoms. The third kappa shape index (κ3) is 0.758. The van der Waals surface area contributed by atoms with Gasteiger partial charge in [0.2, 0.25) is 0 Å². The summed E-state index contributed by atoms with van der Waals surface area (Å²) in [5.74, 6) is -1.65. The molecule has 0 radical (unpaired) electrons. The monoisotopic (exact) mass is 128 g/mol. The highest BCUT2D eigenvalue weighted by Crippen LogP contribution is 1.89. The Balaban J connectivity index is 2.78. The summed E-state index contributed by atoms with van der Waals surface area (Å²) in [6.45, 7) is 0. The molecule has 0 aliphatic carbocycles. The quantitative estimate of drug-likeness (QED) is 0.410. The summed E-state index contributed by atoms with van der Waals surface area (Å²) < 4.78 is 4.41. The number of methoxy groups -OCH3 is 1. The van der Waals surface area contributed by atoms with Gasteiger partial charge in [-0.15, -0.1) is 5.10 Å². The van der Waals surface area contributed by atoms with E-state index in [1.54, 1.807) is 0 Å². The van der Waals surface area contributed by atoms with Crippen molar-refractivity contribution in [2.45, 2.75) is 0 Å². The van der Waals surface area contributed by atoms with E-state index in [4.69, 9.17) is 0 Å². The van der Waals surface area contributed by atoms with Crippen LogP contribution in [0.4, 0.5) is 0 Å². The van der Waals surface area contributed by atoms with E-state index in [1.807, 2.05) is 5.43 Å². The number of hydrogen-bond acceptors (Lipinski definition) is 4. The fraction of sp³-hybridized carbons (Fsp3) is 0.250. The van der Waals surface area contributed by atoms with Crippen molar-refractivity contribution in [3.05, 3.63) is 0 Å². The molecular weight excluding hydrogens is 124 g/mol. The molecule has 5 nitrogen and oxygen atoms in total. The maximum Gasteiger partial charge on any atom is 0.317 e. The molecule has 0 saturated heterocycles. The molecular formula is C4H4N2O3. The summed E-state index contributed by atoms with van der Waals surface area (Å²) in [6, 6.07) is 0. The molecule has 0 aromatic heterocycles. The van der Waals surface area contributed by atoms with E-state index in [-0.39, 0.29) is 5.90 Å². The molecule has 0 spiro atoms. The zero-order valence-corrected chi connectivity index (χ0v) is 4.67. The van der Waals surface area contributed by atoms with Crippen LogP contribution in [0.5, 0.6) is 0 Å². The van der Waals surface area contributed by atoms with Crippen molar-refractivity contribution in [2.75, 3.05) is 7.11 Å². The van der Waals surface area contributed by atoms with E-state index in [0.29, 0.717) is 0 Å². The lowest BCUT2D eigenvalue weighted by Crippen LogP contribution is -2.23. The lowest BCUT2D eigenvalue weighted by molar-refractivity contribution is -0.133. The van der Waals surface area contributed by atoms with Crippen LogP contribution in [0.25, 0.3) is 0 Å². The number of ether oxygens (including phenoxy) is 1. The zero-order chi connectivity index (χ0) is 6.85. The van der Waals surface area contributed by atoms with Gasteiger partial charge in [-0.1, -0.05) is 0 Å². The van der Waals surface area contributed by atoms with Crippen molar-refractivity contribution in [2.24, 2.45) is 5.10 Å². The second-order valence-electron chi connectivity index (χ2n) is 1.39. The first-order valence-corrected chi connectivity index (χ1v) is 2.22. The Morgan fingerprint density at radius 1 is 1.56 bits per heavy atom. The number of hydrazone groups is 1. The van der Waals surface area contributed by atoms with Crippen LogP contribution in [0.1, 0.15) is 0 Å². The molecule has 0 saturated carbocycles. The van der Waals surface area contributed by atoms with E-state index in [2.05, 4.69) is 9.84 Å². The number of carbonyl (C=O) groups excluding carboxylic acids is 2. The van der Waals surface area contributed by atoms with Crippen molar-refractivity contribution < 1.29 is 14.3 Å². The summed E-state index contributed by atoms with van der Waals surface area (Å²) in [7, 11) is 1.27. The molecule has 48 valence electrons. The molecule has 9 heavy (non-hydrogen) atoms. The van der Waals surface area contributed by atoms with Crippen LogP contribution in [0.2, 0.25) is 0 Å². The SMILES string of the molecule is COC1=NNC(=O)C1=O. The number of hydrogen-bond donors (Lipinski definition) is 1. The number of amides is 1. The topological polar surface area (TPSA) is 67.8 Å². The Bertz CT molecular complexity index is 196. The largest absolute Gasteiger partial charge is 0.477 e. The molecule has 1 aliphatic rings. The van der Waals surface area contributed by atoms with Gasteiger partial charge in [0.15, 0.2) is 0 Å². The van der Waals surface area contributed by atoms with Crippen molar-refractivity contribution in [3.63, 3.8) is 0 Å². The summed E-state index contributed by atoms with van der Waals surface area (Å²) in [6.07, 6.45) is 0. The number of Topliss-reactive ketones (excluding diaryl/α,β-unsaturated/α-hetero) is 1. The van der Waals surface area contributed by atoms with Crippen molar-refractivity contribution in [3.8, 4) is 0 Å². The Morgan fingerprint density at radius 3 is 2.44 bits per heavy atom. The average molecular weight is 128 g/mol. The van der Waals surface area contributed by atoms with Crippen LogP contribution in [-0.4, -0.2) is 24.7 Å². The third-order valence-electron chi connectivity index (χ3n) is 0.853. The Hall–Kier alpha value is -1.39. The molecule has 1 heterocycles. The Morgan fingerprint density at radius 2 is 2.22 bits per heavy atom. The van der Waals surface area contributed by atoms with Crippen LogP contribution in [0.3, 0.4) is 0 Å². The summed E-state index contributed by atoms with van der Waals surface area (Å²) >= 11 is 0. The van der Waals surface area contributed by atoms with Gasteiger partial charge in [-0.2, -0.15) is 0 Å². The molecule has 0 unspecified atom stereocenters. The van der Waals surface area contributed by atoms with Crippen LogP contribution in [-0.2, 0) is 14.3 Å². The predicted octanol–water partition coefficient (Wildman–Crippen LogP) is -1.35. The van der Waals surface area contributed by atoms with Gasteiger partial charge in [-0.05, 0) is 0 Å². The third-order valence-corrected chi connectivity index (χ3v) is 0.853. The number of ketones is 1. The number of carbonyl (C=O) groups is 2. The van der Waals surface area contributed by atoms with Crippen LogP contribution >= 0.6 is 0 Å². The smallest absolute Gasteiger partial charge is 0.317 e. The minimum absolute atomic E-state index is 0.181. The fourth-order valence-corrected chi connectivity index (χ4v) is 0.439. The van der Waals surface area contributed by atoms with E-state index < -0.39 is 11.7 Å². The maximum absolute atomic E-state index is 10.5. The maximum atomic E-state index is 10.5. The van der Waals surface area contributed by atoms with E-state index in [9.17, 15) is 9.59 Å². The molecule has 0 aromatic carbocycles. The number of nitrogens with zero attached hydrogens (tertiary/aromatic N) is 1. The number of rotatable bonds is 0. The highest BCUT2D eigenvalue weighted by Gasteiger charge is 2.27. The van der Waals surface area contributed by atoms with Crippen LogP contribution in [0, 0.1) is 0 Å². The lowest BCUT2D eigenvalue weighted by Gasteiger charge is -1.87. The van der Waals surface area contributed by atoms with Gasteiger partial charge in [-0.25, -0.2) is 5.43 Å². The summed E-state index contributed by atoms with van der Waals surface area (Å²) in [5.41, 5.74) is 1.94. The molecule has 1 N–H and O–H groups in total. The van der Waals surface area contributed by atoms with Crippen LogP contribution in [0.15, 0.2) is 5.10 Å². The second kappa shape index (κ2) is 1.85. The van der Waals surface area contributed by atoms with Crippen molar-refractivity contribution >= 4 is 17.6 Å². The summed E-state index contributed by atoms with van der Waals surface area (Å²) in [4.78, 5) is 20.8. The molecule has 0 aromatic rings. The summed E-state index contributed by atoms with van der Waals surface area (Å²) in [5, 5.41) is 3.26. The normalized spacial score (nSPS) is 17.2. The fourth-order valence-electron chi connectivity index (χ4n) is 0.439. The standard InChI is InChI=1S/C4H4N2O3/c1-9-4-2(7)3(8)5-6-4/h1H3,(H,5,7,8). The minimum atomic E-state index is -0.744. The van der Waals surface area contributed by atoms with E-state index in [1.165, 1.54) is 7.11 Å². The van der Waals surface area contributed by atoms with Crippen molar-refractivity contribution in [1.82, 2.24) is 5.43 Å². The molecule has 0 atom stereocenters. The minimum Gasteiger partial charge on any atom is -0.477 e. The van der Waals surface area contributed by atoms with E-state index in [0.717, 1.165) is 0 Å². The van der Waals surface area contributed by atoms with Gasteiger partial charge in [-0.3, -0.25) is 9.59 Å². The first-order valence-electron chi connectivity index (χ1n) is 2.22. The average Bonchev–Trinajstić information content (AvgIpc) is 2.15. The van der Waals surface area contributed by atoms with Crippen LogP contribution < -0.4 is 5.43 Å². The van der Waals surface area contributed by atoms with Gasteiger partial charge in [0.05, 0.1) is 7.11 Å². The van der Waals surface area contributed by atoms with Gasteiger partial charge in [0.25, 0.3) is 5.90 Å². The van der Waals surface area contributed by atoms with Crippen molar-refractivity contribution in [1.29, 1.82) is 0 Å². The lowest BCUT2D eigenvalue weighted by atomic mass is 10.4. The second-order valence-corrected chi connectivity index (χ2v) is 1.39. The molecule has 5 heteroatoms. The van der Waals surface area contributed by atoms with E-state index >= 15 is 0 Å². The molecule has 1 aliphatic heterocycles. The Kier molecular flexibility index (Phi) is 1.18. The highest BCUT2D eigenvalue weighted by atomic mass is 16.5. The number of nitrogens with one attached hydrogen (secondary N) is 1. The van der Waals surface area contributed by atoms with Gasteiger partial charge >= 0.3 is 11.7 Å². The van der Waals surface area contributed by atoms with Gasteiger partial charge in [0.1, 0.15) is 0 Å². The molecule has 0 fully saturated rings. The van der Waals surface area contributed by atoms with Gasteiger partial charge < -0.3 is 4.74 Å².